The maximum Gasteiger partial charge on any atom is 0.254 e. The third-order valence-corrected chi connectivity index (χ3v) is 4.52. The van der Waals surface area contributed by atoms with E-state index in [2.05, 4.69) is 20.9 Å². The van der Waals surface area contributed by atoms with Crippen molar-refractivity contribution in [3.63, 3.8) is 0 Å². The van der Waals surface area contributed by atoms with E-state index in [4.69, 9.17) is 4.74 Å². The Balaban J connectivity index is 1.44. The molecule has 1 aromatic rings. The van der Waals surface area contributed by atoms with E-state index in [0.29, 0.717) is 17.8 Å². The van der Waals surface area contributed by atoms with Crippen LogP contribution in [0, 0.1) is 0 Å². The van der Waals surface area contributed by atoms with Crippen molar-refractivity contribution >= 4 is 23.4 Å². The number of ether oxygens (including phenoxy) is 1. The summed E-state index contributed by atoms with van der Waals surface area (Å²) in [5, 5.41) is 8.14. The molecule has 0 unspecified atom stereocenters. The number of amides is 3. The van der Waals surface area contributed by atoms with Crippen molar-refractivity contribution in [1.29, 1.82) is 0 Å². The first kappa shape index (κ1) is 18.3. The number of nitrogens with zero attached hydrogens (tertiary/aromatic N) is 1. The van der Waals surface area contributed by atoms with Crippen LogP contribution < -0.4 is 16.0 Å². The first-order chi connectivity index (χ1) is 12.6. The Hall–Kier alpha value is -2.45. The van der Waals surface area contributed by atoms with Gasteiger partial charge in [0, 0.05) is 19.6 Å². The van der Waals surface area contributed by atoms with Gasteiger partial charge in [0.1, 0.15) is 6.04 Å². The summed E-state index contributed by atoms with van der Waals surface area (Å²) in [5.41, 5.74) is 0.859. The van der Waals surface area contributed by atoms with E-state index in [9.17, 15) is 14.4 Å². The van der Waals surface area contributed by atoms with Crippen molar-refractivity contribution in [1.82, 2.24) is 15.5 Å². The third-order valence-electron chi connectivity index (χ3n) is 4.52. The number of rotatable bonds is 6. The Kier molecular flexibility index (Phi) is 6.19. The smallest absolute Gasteiger partial charge is 0.254 e. The van der Waals surface area contributed by atoms with Gasteiger partial charge < -0.3 is 20.7 Å². The van der Waals surface area contributed by atoms with Gasteiger partial charge in [-0.2, -0.15) is 0 Å². The van der Waals surface area contributed by atoms with Crippen LogP contribution in [0.3, 0.4) is 0 Å². The Bertz CT molecular complexity index is 673. The molecule has 3 rings (SSSR count). The fourth-order valence-corrected chi connectivity index (χ4v) is 3.07. The van der Waals surface area contributed by atoms with Gasteiger partial charge in [-0.05, 0) is 25.1 Å². The van der Waals surface area contributed by atoms with Gasteiger partial charge in [0.2, 0.25) is 11.8 Å². The van der Waals surface area contributed by atoms with Crippen LogP contribution in [-0.2, 0) is 14.3 Å². The molecule has 1 aromatic carbocycles. The number of carbonyl (C=O) groups excluding carboxylic acids is 3. The number of fused-ring (bicyclic) bond motifs is 1. The molecule has 0 radical (unpaired) electrons. The number of para-hydroxylation sites is 1. The van der Waals surface area contributed by atoms with E-state index in [1.807, 2.05) is 0 Å². The van der Waals surface area contributed by atoms with Gasteiger partial charge in [0.15, 0.2) is 0 Å². The fraction of sp³-hybridized carbons (Fsp3) is 0.500. The summed E-state index contributed by atoms with van der Waals surface area (Å²) in [6.45, 7) is 4.79. The van der Waals surface area contributed by atoms with Gasteiger partial charge in [-0.15, -0.1) is 0 Å². The average Bonchev–Trinajstić information content (AvgIpc) is 2.76. The molecular formula is C18H24N4O4. The van der Waals surface area contributed by atoms with Gasteiger partial charge in [-0.1, -0.05) is 12.1 Å². The maximum absolute atomic E-state index is 12.3. The second-order valence-corrected chi connectivity index (χ2v) is 6.42. The predicted octanol–water partition coefficient (Wildman–Crippen LogP) is -0.0343. The predicted molar refractivity (Wildman–Crippen MR) is 95.8 cm³/mol. The monoisotopic (exact) mass is 360 g/mol. The number of anilines is 1. The van der Waals surface area contributed by atoms with E-state index in [0.717, 1.165) is 39.3 Å². The van der Waals surface area contributed by atoms with E-state index in [-0.39, 0.29) is 24.1 Å². The van der Waals surface area contributed by atoms with Crippen LogP contribution in [0.5, 0.6) is 0 Å². The van der Waals surface area contributed by atoms with Gasteiger partial charge in [-0.25, -0.2) is 0 Å². The largest absolute Gasteiger partial charge is 0.379 e. The summed E-state index contributed by atoms with van der Waals surface area (Å²) < 4.78 is 5.30. The molecular weight excluding hydrogens is 336 g/mol. The topological polar surface area (TPSA) is 99.8 Å². The number of morpholine rings is 1. The Morgan fingerprint density at radius 1 is 1.23 bits per heavy atom. The molecule has 3 N–H and O–H groups in total. The highest BCUT2D eigenvalue weighted by Crippen LogP contribution is 2.18. The van der Waals surface area contributed by atoms with Gasteiger partial charge in [0.25, 0.3) is 5.91 Å². The van der Waals surface area contributed by atoms with Crippen LogP contribution in [0.25, 0.3) is 0 Å². The summed E-state index contributed by atoms with van der Waals surface area (Å²) in [6.07, 6.45) is 0.753. The van der Waals surface area contributed by atoms with E-state index < -0.39 is 6.04 Å². The summed E-state index contributed by atoms with van der Waals surface area (Å²) in [5.74, 6) is -0.991. The lowest BCUT2D eigenvalue weighted by Crippen LogP contribution is -2.45. The SMILES string of the molecule is O=C(C[C@@H]1NC(=O)c2ccccc2NC1=O)NCCCN1CCOCC1. The zero-order valence-electron chi connectivity index (χ0n) is 14.6. The second-order valence-electron chi connectivity index (χ2n) is 6.42. The fourth-order valence-electron chi connectivity index (χ4n) is 3.07. The van der Waals surface area contributed by atoms with Crippen molar-refractivity contribution in [2.24, 2.45) is 0 Å². The third kappa shape index (κ3) is 4.80. The number of hydrogen-bond acceptors (Lipinski definition) is 5. The molecule has 0 aliphatic carbocycles. The number of nitrogens with one attached hydrogen (secondary N) is 3. The highest BCUT2D eigenvalue weighted by molar-refractivity contribution is 6.10. The van der Waals surface area contributed by atoms with Crippen LogP contribution in [0.1, 0.15) is 23.2 Å². The minimum absolute atomic E-state index is 0.0802. The minimum Gasteiger partial charge on any atom is -0.379 e. The molecule has 0 spiro atoms. The van der Waals surface area contributed by atoms with Gasteiger partial charge >= 0.3 is 0 Å². The van der Waals surface area contributed by atoms with E-state index in [1.165, 1.54) is 0 Å². The van der Waals surface area contributed by atoms with Gasteiger partial charge in [-0.3, -0.25) is 19.3 Å². The van der Waals surface area contributed by atoms with Crippen molar-refractivity contribution in [3.05, 3.63) is 29.8 Å². The Morgan fingerprint density at radius 2 is 2.00 bits per heavy atom. The lowest BCUT2D eigenvalue weighted by Gasteiger charge is -2.26. The summed E-state index contributed by atoms with van der Waals surface area (Å²) in [4.78, 5) is 38.9. The van der Waals surface area contributed by atoms with Crippen LogP contribution in [0.4, 0.5) is 5.69 Å². The molecule has 8 heteroatoms. The lowest BCUT2D eigenvalue weighted by molar-refractivity contribution is -0.125. The average molecular weight is 360 g/mol. The number of benzene rings is 1. The molecule has 140 valence electrons. The van der Waals surface area contributed by atoms with Crippen molar-refractivity contribution < 1.29 is 19.1 Å². The van der Waals surface area contributed by atoms with Gasteiger partial charge in [0.05, 0.1) is 30.9 Å². The zero-order chi connectivity index (χ0) is 18.4. The molecule has 26 heavy (non-hydrogen) atoms. The zero-order valence-corrected chi connectivity index (χ0v) is 14.6. The first-order valence-corrected chi connectivity index (χ1v) is 8.91. The highest BCUT2D eigenvalue weighted by atomic mass is 16.5. The standard InChI is InChI=1S/C18H24N4O4/c23-16(19-6-3-7-22-8-10-26-11-9-22)12-15-18(25)20-14-5-2-1-4-13(14)17(24)21-15/h1-2,4-5,15H,3,6-12H2,(H,19,23)(H,20,25)(H,21,24)/t15-/m0/s1. The molecule has 3 amide bonds. The molecule has 0 aromatic heterocycles. The molecule has 1 fully saturated rings. The van der Waals surface area contributed by atoms with Crippen LogP contribution in [0.15, 0.2) is 24.3 Å². The molecule has 1 saturated heterocycles. The number of carbonyl (C=O) groups is 3. The quantitative estimate of drug-likeness (QED) is 0.619. The van der Waals surface area contributed by atoms with Crippen molar-refractivity contribution in [2.75, 3.05) is 44.7 Å². The highest BCUT2D eigenvalue weighted by Gasteiger charge is 2.29. The molecule has 8 nitrogen and oxygen atoms in total. The van der Waals surface area contributed by atoms with Crippen molar-refractivity contribution in [2.45, 2.75) is 18.9 Å². The second kappa shape index (κ2) is 8.77. The van der Waals surface area contributed by atoms with E-state index in [1.54, 1.807) is 24.3 Å². The summed E-state index contributed by atoms with van der Waals surface area (Å²) in [6, 6.07) is 5.90. The summed E-state index contributed by atoms with van der Waals surface area (Å²) in [7, 11) is 0. The number of hydrogen-bond donors (Lipinski definition) is 3. The first-order valence-electron chi connectivity index (χ1n) is 8.91. The van der Waals surface area contributed by atoms with Crippen LogP contribution in [-0.4, -0.2) is 68.1 Å². The van der Waals surface area contributed by atoms with Crippen molar-refractivity contribution in [3.8, 4) is 0 Å². The molecule has 2 heterocycles. The Morgan fingerprint density at radius 3 is 2.81 bits per heavy atom. The Labute approximate surface area is 152 Å². The lowest BCUT2D eigenvalue weighted by atomic mass is 10.1. The molecule has 2 aliphatic rings. The maximum atomic E-state index is 12.3. The molecule has 2 aliphatic heterocycles. The minimum atomic E-state index is -0.880. The van der Waals surface area contributed by atoms with E-state index >= 15 is 0 Å². The van der Waals surface area contributed by atoms with Crippen LogP contribution >= 0.6 is 0 Å². The molecule has 0 bridgehead atoms. The molecule has 1 atom stereocenters. The summed E-state index contributed by atoms with van der Waals surface area (Å²) >= 11 is 0. The molecule has 0 saturated carbocycles. The van der Waals surface area contributed by atoms with Crippen LogP contribution in [0.2, 0.25) is 0 Å². The normalized spacial score (nSPS) is 20.5.